The van der Waals surface area contributed by atoms with Crippen LogP contribution in [0.2, 0.25) is 0 Å². The third kappa shape index (κ3) is 3.79. The SMILES string of the molecule is Cc1ccc(N(CCO)CC(F)F)nc1. The van der Waals surface area contributed by atoms with Crippen LogP contribution >= 0.6 is 0 Å². The van der Waals surface area contributed by atoms with Crippen molar-refractivity contribution in [1.82, 2.24) is 4.98 Å². The summed E-state index contributed by atoms with van der Waals surface area (Å²) in [6, 6.07) is 3.48. The number of pyridine rings is 1. The molecular formula is C10H14F2N2O. The summed E-state index contributed by atoms with van der Waals surface area (Å²) in [6.07, 6.45) is -0.815. The molecule has 3 nitrogen and oxygen atoms in total. The fourth-order valence-corrected chi connectivity index (χ4v) is 1.23. The summed E-state index contributed by atoms with van der Waals surface area (Å²) in [6.45, 7) is 1.47. The second kappa shape index (κ2) is 5.60. The van der Waals surface area contributed by atoms with E-state index in [0.717, 1.165) is 5.56 Å². The smallest absolute Gasteiger partial charge is 0.255 e. The molecule has 0 atom stereocenters. The van der Waals surface area contributed by atoms with E-state index in [2.05, 4.69) is 4.98 Å². The van der Waals surface area contributed by atoms with E-state index >= 15 is 0 Å². The zero-order valence-electron chi connectivity index (χ0n) is 8.53. The van der Waals surface area contributed by atoms with Gasteiger partial charge in [-0.15, -0.1) is 0 Å². The molecule has 0 aliphatic heterocycles. The molecule has 5 heteroatoms. The molecule has 1 aromatic rings. The van der Waals surface area contributed by atoms with Crippen LogP contribution in [0.4, 0.5) is 14.6 Å². The fraction of sp³-hybridized carbons (Fsp3) is 0.500. The largest absolute Gasteiger partial charge is 0.395 e. The monoisotopic (exact) mass is 216 g/mol. The summed E-state index contributed by atoms with van der Waals surface area (Å²) in [5.41, 5.74) is 0.972. The van der Waals surface area contributed by atoms with Gasteiger partial charge in [-0.05, 0) is 18.6 Å². The third-order valence-electron chi connectivity index (χ3n) is 1.95. The third-order valence-corrected chi connectivity index (χ3v) is 1.95. The molecule has 0 amide bonds. The van der Waals surface area contributed by atoms with Gasteiger partial charge in [-0.2, -0.15) is 0 Å². The van der Waals surface area contributed by atoms with Crippen molar-refractivity contribution < 1.29 is 13.9 Å². The molecule has 0 radical (unpaired) electrons. The van der Waals surface area contributed by atoms with E-state index in [1.165, 1.54) is 4.90 Å². The highest BCUT2D eigenvalue weighted by atomic mass is 19.3. The maximum absolute atomic E-state index is 12.2. The van der Waals surface area contributed by atoms with Gasteiger partial charge in [0.1, 0.15) is 5.82 Å². The lowest BCUT2D eigenvalue weighted by molar-refractivity contribution is 0.152. The van der Waals surface area contributed by atoms with Gasteiger partial charge < -0.3 is 10.0 Å². The average Bonchev–Trinajstić information content (AvgIpc) is 2.17. The molecule has 1 rings (SSSR count). The molecular weight excluding hydrogens is 202 g/mol. The minimum Gasteiger partial charge on any atom is -0.395 e. The Morgan fingerprint density at radius 2 is 2.20 bits per heavy atom. The molecule has 1 aromatic heterocycles. The van der Waals surface area contributed by atoms with Gasteiger partial charge in [0.15, 0.2) is 0 Å². The molecule has 15 heavy (non-hydrogen) atoms. The summed E-state index contributed by atoms with van der Waals surface area (Å²) < 4.78 is 24.4. The lowest BCUT2D eigenvalue weighted by atomic mass is 10.3. The standard InChI is InChI=1S/C10H14F2N2O/c1-8-2-3-10(13-6-8)14(4-5-15)7-9(11)12/h2-3,6,9,15H,4-5,7H2,1H3. The highest BCUT2D eigenvalue weighted by Gasteiger charge is 2.12. The zero-order chi connectivity index (χ0) is 11.3. The van der Waals surface area contributed by atoms with Crippen LogP contribution in [-0.2, 0) is 0 Å². The van der Waals surface area contributed by atoms with Crippen molar-refractivity contribution in [2.45, 2.75) is 13.3 Å². The molecule has 0 aliphatic rings. The van der Waals surface area contributed by atoms with Crippen LogP contribution in [0.1, 0.15) is 5.56 Å². The second-order valence-corrected chi connectivity index (χ2v) is 3.25. The molecule has 1 N–H and O–H groups in total. The molecule has 84 valence electrons. The molecule has 0 saturated carbocycles. The molecule has 0 aromatic carbocycles. The van der Waals surface area contributed by atoms with Gasteiger partial charge in [-0.3, -0.25) is 0 Å². The summed E-state index contributed by atoms with van der Waals surface area (Å²) in [5.74, 6) is 0.468. The van der Waals surface area contributed by atoms with Gasteiger partial charge in [-0.25, -0.2) is 13.8 Å². The van der Waals surface area contributed by atoms with Crippen molar-refractivity contribution in [1.29, 1.82) is 0 Å². The highest BCUT2D eigenvalue weighted by molar-refractivity contribution is 5.39. The predicted octanol–water partition coefficient (Wildman–Crippen LogP) is 1.45. The van der Waals surface area contributed by atoms with Gasteiger partial charge in [0.05, 0.1) is 13.2 Å². The number of hydrogen-bond donors (Lipinski definition) is 1. The van der Waals surface area contributed by atoms with E-state index in [-0.39, 0.29) is 13.2 Å². The molecule has 0 spiro atoms. The summed E-state index contributed by atoms with van der Waals surface area (Å²) in [5, 5.41) is 8.75. The number of hydrogen-bond acceptors (Lipinski definition) is 3. The van der Waals surface area contributed by atoms with E-state index in [1.54, 1.807) is 18.3 Å². The van der Waals surface area contributed by atoms with Gasteiger partial charge in [-0.1, -0.05) is 6.07 Å². The topological polar surface area (TPSA) is 36.4 Å². The first-order chi connectivity index (χ1) is 7.13. The van der Waals surface area contributed by atoms with Crippen molar-refractivity contribution in [3.63, 3.8) is 0 Å². The highest BCUT2D eigenvalue weighted by Crippen LogP contribution is 2.12. The van der Waals surface area contributed by atoms with Crippen molar-refractivity contribution in [2.24, 2.45) is 0 Å². The number of aliphatic hydroxyl groups excluding tert-OH is 1. The van der Waals surface area contributed by atoms with Crippen molar-refractivity contribution in [3.05, 3.63) is 23.9 Å². The number of aliphatic hydroxyl groups is 1. The minimum absolute atomic E-state index is 0.164. The van der Waals surface area contributed by atoms with Crippen LogP contribution in [0.3, 0.4) is 0 Å². The van der Waals surface area contributed by atoms with Gasteiger partial charge in [0.25, 0.3) is 6.43 Å². The minimum atomic E-state index is -2.43. The molecule has 0 unspecified atom stereocenters. The molecule has 0 bridgehead atoms. The lowest BCUT2D eigenvalue weighted by Crippen LogP contribution is -2.32. The normalized spacial score (nSPS) is 10.7. The Morgan fingerprint density at radius 1 is 1.47 bits per heavy atom. The molecule has 0 saturated heterocycles. The van der Waals surface area contributed by atoms with Crippen LogP contribution in [0.15, 0.2) is 18.3 Å². The fourth-order valence-electron chi connectivity index (χ4n) is 1.23. The first kappa shape index (κ1) is 11.8. The maximum Gasteiger partial charge on any atom is 0.255 e. The Morgan fingerprint density at radius 3 is 2.67 bits per heavy atom. The summed E-state index contributed by atoms with van der Waals surface area (Å²) >= 11 is 0. The number of halogens is 2. The molecule has 0 aliphatic carbocycles. The van der Waals surface area contributed by atoms with Crippen molar-refractivity contribution in [2.75, 3.05) is 24.6 Å². The first-order valence-electron chi connectivity index (χ1n) is 4.70. The number of aryl methyl sites for hydroxylation is 1. The number of rotatable bonds is 5. The molecule has 0 fully saturated rings. The summed E-state index contributed by atoms with van der Waals surface area (Å²) in [7, 11) is 0. The second-order valence-electron chi connectivity index (χ2n) is 3.25. The number of aromatic nitrogens is 1. The van der Waals surface area contributed by atoms with Gasteiger partial charge >= 0.3 is 0 Å². The first-order valence-corrected chi connectivity index (χ1v) is 4.70. The number of alkyl halides is 2. The van der Waals surface area contributed by atoms with Crippen molar-refractivity contribution in [3.8, 4) is 0 Å². The zero-order valence-corrected chi connectivity index (χ0v) is 8.53. The Balaban J connectivity index is 2.74. The Kier molecular flexibility index (Phi) is 4.42. The van der Waals surface area contributed by atoms with Gasteiger partial charge in [0, 0.05) is 12.7 Å². The van der Waals surface area contributed by atoms with Crippen LogP contribution in [0.5, 0.6) is 0 Å². The Bertz CT molecular complexity index is 290. The average molecular weight is 216 g/mol. The van der Waals surface area contributed by atoms with Gasteiger partial charge in [0.2, 0.25) is 0 Å². The van der Waals surface area contributed by atoms with E-state index < -0.39 is 13.0 Å². The quantitative estimate of drug-likeness (QED) is 0.809. The van der Waals surface area contributed by atoms with E-state index in [0.29, 0.717) is 5.82 Å². The Hall–Kier alpha value is -1.23. The maximum atomic E-state index is 12.2. The van der Waals surface area contributed by atoms with E-state index in [1.807, 2.05) is 6.92 Å². The van der Waals surface area contributed by atoms with Crippen LogP contribution in [-0.4, -0.2) is 36.2 Å². The predicted molar refractivity (Wildman–Crippen MR) is 54.3 cm³/mol. The summed E-state index contributed by atoms with van der Waals surface area (Å²) in [4.78, 5) is 5.40. The van der Waals surface area contributed by atoms with E-state index in [9.17, 15) is 8.78 Å². The van der Waals surface area contributed by atoms with Crippen LogP contribution in [0.25, 0.3) is 0 Å². The number of nitrogens with zero attached hydrogens (tertiary/aromatic N) is 2. The number of anilines is 1. The van der Waals surface area contributed by atoms with E-state index in [4.69, 9.17) is 5.11 Å². The molecule has 1 heterocycles. The van der Waals surface area contributed by atoms with Crippen molar-refractivity contribution >= 4 is 5.82 Å². The van der Waals surface area contributed by atoms with Crippen LogP contribution < -0.4 is 4.90 Å². The Labute approximate surface area is 87.4 Å². The lowest BCUT2D eigenvalue weighted by Gasteiger charge is -2.22. The van der Waals surface area contributed by atoms with Crippen LogP contribution in [0, 0.1) is 6.92 Å².